The molecule has 2 aliphatic heterocycles. The third-order valence-electron chi connectivity index (χ3n) is 5.05. The van der Waals surface area contributed by atoms with Crippen molar-refractivity contribution >= 4 is 22.3 Å². The van der Waals surface area contributed by atoms with Gasteiger partial charge < -0.3 is 14.4 Å². The molecular formula is C19H31F5N2O3S. The Balaban J connectivity index is 0.000000277. The Kier molecular flexibility index (Phi) is 8.31. The van der Waals surface area contributed by atoms with Crippen LogP contribution in [-0.2, 0) is 14.3 Å². The van der Waals surface area contributed by atoms with Gasteiger partial charge in [-0.15, -0.1) is 0 Å². The number of methoxy groups -OCH3 is 2. The zero-order chi connectivity index (χ0) is 23.1. The van der Waals surface area contributed by atoms with Crippen LogP contribution in [0.25, 0.3) is 0 Å². The number of fused-ring (bicyclic) bond motifs is 1. The fourth-order valence-electron chi connectivity index (χ4n) is 3.73. The molecule has 1 aromatic rings. The second-order valence-electron chi connectivity index (χ2n) is 7.44. The first-order valence-corrected chi connectivity index (χ1v) is 11.3. The summed E-state index contributed by atoms with van der Waals surface area (Å²) >= 11 is 0. The predicted octanol–water partition coefficient (Wildman–Crippen LogP) is 5.46. The molecule has 0 aliphatic carbocycles. The number of benzene rings is 1. The number of nitrogens with zero attached hydrogens (tertiary/aromatic N) is 2. The summed E-state index contributed by atoms with van der Waals surface area (Å²) in [5.41, 5.74) is 0.218. The Morgan fingerprint density at radius 3 is 2.07 bits per heavy atom. The first-order chi connectivity index (χ1) is 13.7. The van der Waals surface area contributed by atoms with Crippen LogP contribution in [0, 0.1) is 0 Å². The zero-order valence-corrected chi connectivity index (χ0v) is 18.6. The van der Waals surface area contributed by atoms with Crippen LogP contribution >= 0.6 is 10.2 Å². The molecule has 0 N–H and O–H groups in total. The molecule has 1 aromatic carbocycles. The van der Waals surface area contributed by atoms with Crippen molar-refractivity contribution < 1.29 is 33.7 Å². The maximum Gasteiger partial charge on any atom is 0.310 e. The van der Waals surface area contributed by atoms with E-state index < -0.39 is 15.1 Å². The smallest absolute Gasteiger partial charge is 0.310 e. The summed E-state index contributed by atoms with van der Waals surface area (Å²) in [6, 6.07) is 2.48. The monoisotopic (exact) mass is 462 g/mol. The summed E-state index contributed by atoms with van der Waals surface area (Å²) in [5.74, 6) is 0. The highest BCUT2D eigenvalue weighted by Crippen LogP contribution is 3.02. The molecule has 11 heteroatoms. The van der Waals surface area contributed by atoms with Crippen molar-refractivity contribution in [2.45, 2.75) is 36.1 Å². The van der Waals surface area contributed by atoms with E-state index in [2.05, 4.69) is 9.64 Å². The van der Waals surface area contributed by atoms with Crippen LogP contribution in [0.2, 0.25) is 0 Å². The second kappa shape index (κ2) is 9.37. The molecule has 0 unspecified atom stereocenters. The standard InChI is InChI=1S/C9H17NO.C8H8F5NOS.C2H6O/c1-11-8-9-4-2-6-10(9)7-3-5-9;1-14(6-15)7-3-2-4-8(5-7)16(9,10,11,12)13;1-3-2/h2-8H2,1H3;2-6H,1H3;1-2H3. The first kappa shape index (κ1) is 26.6. The third kappa shape index (κ3) is 7.36. The van der Waals surface area contributed by atoms with Gasteiger partial charge in [-0.05, 0) is 57.0 Å². The van der Waals surface area contributed by atoms with E-state index in [9.17, 15) is 24.2 Å². The molecule has 1 amide bonds. The van der Waals surface area contributed by atoms with E-state index in [4.69, 9.17) is 4.74 Å². The summed E-state index contributed by atoms with van der Waals surface area (Å²) in [6.07, 6.45) is 5.71. The number of carbonyl (C=O) groups is 1. The van der Waals surface area contributed by atoms with Gasteiger partial charge in [-0.2, -0.15) is 0 Å². The number of anilines is 1. The average molecular weight is 463 g/mol. The molecule has 2 saturated heterocycles. The van der Waals surface area contributed by atoms with Crippen molar-refractivity contribution in [1.29, 1.82) is 0 Å². The molecule has 0 bridgehead atoms. The maximum atomic E-state index is 12.4. The SMILES string of the molecule is CN(C=O)c1cccc(S(F)(F)(F)(F)F)c1.COC.COCC12CCCN1CCC2. The van der Waals surface area contributed by atoms with Gasteiger partial charge in [0.2, 0.25) is 6.41 Å². The van der Waals surface area contributed by atoms with E-state index in [0.29, 0.717) is 5.54 Å². The van der Waals surface area contributed by atoms with Gasteiger partial charge in [-0.3, -0.25) is 9.69 Å². The Labute approximate surface area is 174 Å². The van der Waals surface area contributed by atoms with Crippen LogP contribution in [0.4, 0.5) is 25.1 Å². The van der Waals surface area contributed by atoms with Crippen molar-refractivity contribution in [1.82, 2.24) is 4.90 Å². The van der Waals surface area contributed by atoms with E-state index >= 15 is 0 Å². The van der Waals surface area contributed by atoms with Gasteiger partial charge in [0.15, 0.2) is 0 Å². The van der Waals surface area contributed by atoms with Gasteiger partial charge in [-0.1, -0.05) is 25.5 Å². The highest BCUT2D eigenvalue weighted by atomic mass is 32.5. The molecule has 2 heterocycles. The Morgan fingerprint density at radius 1 is 1.10 bits per heavy atom. The zero-order valence-electron chi connectivity index (χ0n) is 17.8. The molecule has 30 heavy (non-hydrogen) atoms. The van der Waals surface area contributed by atoms with Crippen LogP contribution in [-0.4, -0.2) is 64.9 Å². The van der Waals surface area contributed by atoms with Gasteiger partial charge in [0, 0.05) is 39.6 Å². The molecule has 2 fully saturated rings. The number of halogens is 5. The van der Waals surface area contributed by atoms with E-state index in [0.717, 1.165) is 30.7 Å². The minimum atomic E-state index is -9.67. The number of hydrogen-bond acceptors (Lipinski definition) is 4. The lowest BCUT2D eigenvalue weighted by Crippen LogP contribution is -2.42. The topological polar surface area (TPSA) is 42.0 Å². The lowest BCUT2D eigenvalue weighted by molar-refractivity contribution is -0.107. The van der Waals surface area contributed by atoms with Crippen molar-refractivity contribution in [3.8, 4) is 0 Å². The van der Waals surface area contributed by atoms with Crippen molar-refractivity contribution in [3.05, 3.63) is 24.3 Å². The van der Waals surface area contributed by atoms with Gasteiger partial charge in [0.25, 0.3) is 0 Å². The van der Waals surface area contributed by atoms with E-state index in [1.165, 1.54) is 38.8 Å². The number of rotatable bonds is 5. The molecule has 3 rings (SSSR count). The Bertz CT molecular complexity index is 693. The van der Waals surface area contributed by atoms with Crippen LogP contribution in [0.15, 0.2) is 29.2 Å². The molecule has 5 nitrogen and oxygen atoms in total. The first-order valence-electron chi connectivity index (χ1n) is 9.39. The van der Waals surface area contributed by atoms with E-state index in [1.54, 1.807) is 14.2 Å². The van der Waals surface area contributed by atoms with Crippen LogP contribution in [0.1, 0.15) is 25.7 Å². The van der Waals surface area contributed by atoms with Crippen molar-refractivity contribution in [2.24, 2.45) is 0 Å². The summed E-state index contributed by atoms with van der Waals surface area (Å²) in [4.78, 5) is 11.7. The summed E-state index contributed by atoms with van der Waals surface area (Å²) in [6.45, 7) is 3.57. The van der Waals surface area contributed by atoms with Gasteiger partial charge in [0.05, 0.1) is 6.61 Å². The molecular weight excluding hydrogens is 431 g/mol. The average Bonchev–Trinajstić information content (AvgIpc) is 3.20. The third-order valence-corrected chi connectivity index (χ3v) is 6.20. The van der Waals surface area contributed by atoms with Crippen molar-refractivity contribution in [3.63, 3.8) is 0 Å². The molecule has 0 spiro atoms. The lowest BCUT2D eigenvalue weighted by atomic mass is 9.95. The molecule has 2 aliphatic rings. The Hall–Kier alpha value is -1.43. The van der Waals surface area contributed by atoms with Gasteiger partial charge >= 0.3 is 10.2 Å². The number of ether oxygens (including phenoxy) is 2. The molecule has 0 saturated carbocycles. The van der Waals surface area contributed by atoms with Crippen LogP contribution in [0.3, 0.4) is 0 Å². The molecule has 0 radical (unpaired) electrons. The van der Waals surface area contributed by atoms with Crippen LogP contribution in [0.5, 0.6) is 0 Å². The summed E-state index contributed by atoms with van der Waals surface area (Å²) in [7, 11) is -3.43. The normalized spacial score (nSPS) is 19.9. The minimum Gasteiger partial charge on any atom is -0.388 e. The van der Waals surface area contributed by atoms with Gasteiger partial charge in [-0.25, -0.2) is 0 Å². The van der Waals surface area contributed by atoms with E-state index in [-0.39, 0.29) is 24.2 Å². The minimum absolute atomic E-state index is 0.227. The lowest BCUT2D eigenvalue weighted by Gasteiger charge is -2.40. The van der Waals surface area contributed by atoms with E-state index in [1.807, 2.05) is 7.11 Å². The Morgan fingerprint density at radius 2 is 1.63 bits per heavy atom. The number of hydrogen-bond donors (Lipinski definition) is 0. The van der Waals surface area contributed by atoms with Gasteiger partial charge in [0.1, 0.15) is 4.90 Å². The predicted molar refractivity (Wildman–Crippen MR) is 110 cm³/mol. The highest BCUT2D eigenvalue weighted by molar-refractivity contribution is 8.45. The maximum absolute atomic E-state index is 12.4. The largest absolute Gasteiger partial charge is 0.388 e. The summed E-state index contributed by atoms with van der Waals surface area (Å²) in [5, 5.41) is 0. The molecule has 176 valence electrons. The second-order valence-corrected chi connectivity index (χ2v) is 9.85. The highest BCUT2D eigenvalue weighted by Gasteiger charge is 2.65. The van der Waals surface area contributed by atoms with Crippen molar-refractivity contribution in [2.75, 3.05) is 53.0 Å². The summed E-state index contributed by atoms with van der Waals surface area (Å²) < 4.78 is 71.5. The molecule has 0 aromatic heterocycles. The quantitative estimate of drug-likeness (QED) is 0.431. The number of carbonyl (C=O) groups excluding carboxylic acids is 1. The number of amides is 1. The fraction of sp³-hybridized carbons (Fsp3) is 0.632. The van der Waals surface area contributed by atoms with Crippen LogP contribution < -0.4 is 4.90 Å². The molecule has 0 atom stereocenters. The fourth-order valence-corrected chi connectivity index (χ4v) is 4.41.